The standard InChI is InChI=1S/C21H37N5OS/c1-2-22-21(23-9-3-4-10-25-13-15-27-16-14-25)24-18-19(20-8-7-17-28-20)26-11-5-6-12-26/h7-8,17,19H,2-6,9-16,18H2,1H3,(H2,22,23,24). The van der Waals surface area contributed by atoms with Crippen molar-refractivity contribution in [2.24, 2.45) is 4.99 Å². The maximum atomic E-state index is 5.41. The minimum absolute atomic E-state index is 0.416. The van der Waals surface area contributed by atoms with E-state index in [0.717, 1.165) is 51.9 Å². The molecular formula is C21H37N5OS. The Morgan fingerprint density at radius 1 is 1.18 bits per heavy atom. The molecule has 3 rings (SSSR count). The zero-order valence-electron chi connectivity index (χ0n) is 17.4. The van der Waals surface area contributed by atoms with Crippen LogP contribution in [0.5, 0.6) is 0 Å². The maximum Gasteiger partial charge on any atom is 0.191 e. The molecule has 0 aliphatic carbocycles. The largest absolute Gasteiger partial charge is 0.379 e. The van der Waals surface area contributed by atoms with Crippen molar-refractivity contribution in [2.45, 2.75) is 38.6 Å². The van der Waals surface area contributed by atoms with Gasteiger partial charge in [0.2, 0.25) is 0 Å². The second-order valence-corrected chi connectivity index (χ2v) is 8.56. The summed E-state index contributed by atoms with van der Waals surface area (Å²) in [6, 6.07) is 4.83. The number of aliphatic imine (C=N–C) groups is 1. The summed E-state index contributed by atoms with van der Waals surface area (Å²) in [6.45, 7) is 12.3. The highest BCUT2D eigenvalue weighted by Crippen LogP contribution is 2.28. The van der Waals surface area contributed by atoms with Gasteiger partial charge in [-0.2, -0.15) is 0 Å². The zero-order valence-corrected chi connectivity index (χ0v) is 18.2. The van der Waals surface area contributed by atoms with Gasteiger partial charge in [-0.25, -0.2) is 0 Å². The summed E-state index contributed by atoms with van der Waals surface area (Å²) >= 11 is 1.86. The van der Waals surface area contributed by atoms with Gasteiger partial charge in [0.25, 0.3) is 0 Å². The Hall–Kier alpha value is -1.15. The molecule has 158 valence electrons. The Labute approximate surface area is 174 Å². The quantitative estimate of drug-likeness (QED) is 0.355. The van der Waals surface area contributed by atoms with E-state index >= 15 is 0 Å². The van der Waals surface area contributed by atoms with E-state index in [2.05, 4.69) is 44.9 Å². The van der Waals surface area contributed by atoms with Gasteiger partial charge < -0.3 is 15.4 Å². The van der Waals surface area contributed by atoms with Gasteiger partial charge >= 0.3 is 0 Å². The first-order valence-corrected chi connectivity index (χ1v) is 11.8. The topological polar surface area (TPSA) is 52.1 Å². The van der Waals surface area contributed by atoms with Gasteiger partial charge in [-0.3, -0.25) is 14.8 Å². The lowest BCUT2D eigenvalue weighted by atomic mass is 10.2. The van der Waals surface area contributed by atoms with Gasteiger partial charge in [-0.15, -0.1) is 11.3 Å². The van der Waals surface area contributed by atoms with Crippen LogP contribution < -0.4 is 10.6 Å². The van der Waals surface area contributed by atoms with E-state index in [4.69, 9.17) is 9.73 Å². The highest BCUT2D eigenvalue weighted by Gasteiger charge is 2.24. The molecule has 0 bridgehead atoms. The fourth-order valence-electron chi connectivity index (χ4n) is 3.93. The number of hydrogen-bond acceptors (Lipinski definition) is 5. The minimum Gasteiger partial charge on any atom is -0.379 e. The number of unbranched alkanes of at least 4 members (excludes halogenated alkanes) is 1. The van der Waals surface area contributed by atoms with Crippen LogP contribution in [0.25, 0.3) is 0 Å². The molecule has 2 aliphatic heterocycles. The minimum atomic E-state index is 0.416. The Morgan fingerprint density at radius 2 is 2.00 bits per heavy atom. The molecule has 2 fully saturated rings. The van der Waals surface area contributed by atoms with E-state index < -0.39 is 0 Å². The van der Waals surface area contributed by atoms with Crippen LogP contribution in [0.2, 0.25) is 0 Å². The van der Waals surface area contributed by atoms with E-state index in [-0.39, 0.29) is 0 Å². The van der Waals surface area contributed by atoms with Crippen LogP contribution in [0.15, 0.2) is 22.5 Å². The van der Waals surface area contributed by atoms with Gasteiger partial charge in [0.15, 0.2) is 5.96 Å². The van der Waals surface area contributed by atoms with Gasteiger partial charge in [-0.05, 0) is 63.7 Å². The molecule has 1 aromatic rings. The molecule has 3 heterocycles. The molecule has 0 saturated carbocycles. The fraction of sp³-hybridized carbons (Fsp3) is 0.762. The average Bonchev–Trinajstić information content (AvgIpc) is 3.43. The van der Waals surface area contributed by atoms with Gasteiger partial charge in [0.1, 0.15) is 0 Å². The lowest BCUT2D eigenvalue weighted by Crippen LogP contribution is -2.39. The molecule has 2 N–H and O–H groups in total. The average molecular weight is 408 g/mol. The third kappa shape index (κ3) is 7.03. The summed E-state index contributed by atoms with van der Waals surface area (Å²) in [5, 5.41) is 9.12. The number of nitrogens with zero attached hydrogens (tertiary/aromatic N) is 3. The van der Waals surface area contributed by atoms with Crippen molar-refractivity contribution < 1.29 is 4.74 Å². The molecular weight excluding hydrogens is 370 g/mol. The van der Waals surface area contributed by atoms with E-state index in [1.807, 2.05) is 11.3 Å². The first-order valence-electron chi connectivity index (χ1n) is 11.0. The predicted octanol–water partition coefficient (Wildman–Crippen LogP) is 2.55. The van der Waals surface area contributed by atoms with Crippen molar-refractivity contribution in [2.75, 3.05) is 65.6 Å². The van der Waals surface area contributed by atoms with Crippen LogP contribution in [0.1, 0.15) is 43.5 Å². The van der Waals surface area contributed by atoms with Crippen LogP contribution in [-0.4, -0.2) is 81.3 Å². The number of morpholine rings is 1. The Kier molecular flexibility index (Phi) is 9.56. The predicted molar refractivity (Wildman–Crippen MR) is 118 cm³/mol. The van der Waals surface area contributed by atoms with Gasteiger partial charge in [0.05, 0.1) is 25.8 Å². The number of ether oxygens (including phenoxy) is 1. The van der Waals surface area contributed by atoms with Crippen molar-refractivity contribution in [3.05, 3.63) is 22.4 Å². The second-order valence-electron chi connectivity index (χ2n) is 7.58. The number of rotatable bonds is 10. The summed E-state index contributed by atoms with van der Waals surface area (Å²) < 4.78 is 5.41. The Bertz CT molecular complexity index is 553. The summed E-state index contributed by atoms with van der Waals surface area (Å²) in [7, 11) is 0. The molecule has 0 radical (unpaired) electrons. The van der Waals surface area contributed by atoms with Crippen LogP contribution in [0, 0.1) is 0 Å². The van der Waals surface area contributed by atoms with Crippen molar-refractivity contribution in [3.63, 3.8) is 0 Å². The molecule has 1 unspecified atom stereocenters. The summed E-state index contributed by atoms with van der Waals surface area (Å²) in [6.07, 6.45) is 5.01. The molecule has 0 spiro atoms. The van der Waals surface area contributed by atoms with E-state index in [9.17, 15) is 0 Å². The van der Waals surface area contributed by atoms with Crippen LogP contribution in [0.4, 0.5) is 0 Å². The van der Waals surface area contributed by atoms with E-state index in [1.54, 1.807) is 0 Å². The van der Waals surface area contributed by atoms with Crippen LogP contribution in [-0.2, 0) is 4.74 Å². The van der Waals surface area contributed by atoms with Gasteiger partial charge in [0, 0.05) is 31.1 Å². The maximum absolute atomic E-state index is 5.41. The smallest absolute Gasteiger partial charge is 0.191 e. The monoisotopic (exact) mass is 407 g/mol. The third-order valence-electron chi connectivity index (χ3n) is 5.52. The lowest BCUT2D eigenvalue weighted by molar-refractivity contribution is 0.0372. The first-order chi connectivity index (χ1) is 13.9. The number of thiophene rings is 1. The summed E-state index contributed by atoms with van der Waals surface area (Å²) in [4.78, 5) is 11.5. The highest BCUT2D eigenvalue weighted by atomic mass is 32.1. The molecule has 0 aromatic carbocycles. The number of nitrogens with one attached hydrogen (secondary N) is 2. The molecule has 0 amide bonds. The van der Waals surface area contributed by atoms with E-state index in [1.165, 1.54) is 50.2 Å². The molecule has 2 aliphatic rings. The normalized spacial score (nSPS) is 20.4. The number of guanidine groups is 1. The fourth-order valence-corrected chi connectivity index (χ4v) is 4.78. The van der Waals surface area contributed by atoms with Crippen LogP contribution in [0.3, 0.4) is 0 Å². The number of hydrogen-bond donors (Lipinski definition) is 2. The summed E-state index contributed by atoms with van der Waals surface area (Å²) in [5.74, 6) is 0.953. The van der Waals surface area contributed by atoms with Crippen molar-refractivity contribution in [1.29, 1.82) is 0 Å². The lowest BCUT2D eigenvalue weighted by Gasteiger charge is -2.26. The Morgan fingerprint density at radius 3 is 2.71 bits per heavy atom. The van der Waals surface area contributed by atoms with Gasteiger partial charge in [-0.1, -0.05) is 6.07 Å². The summed E-state index contributed by atoms with van der Waals surface area (Å²) in [5.41, 5.74) is 0. The highest BCUT2D eigenvalue weighted by molar-refractivity contribution is 7.10. The zero-order chi connectivity index (χ0) is 19.4. The molecule has 7 heteroatoms. The first kappa shape index (κ1) is 21.6. The van der Waals surface area contributed by atoms with Crippen molar-refractivity contribution in [3.8, 4) is 0 Å². The molecule has 28 heavy (non-hydrogen) atoms. The SMILES string of the molecule is CCNC(=NCC(c1cccs1)N1CCCC1)NCCCCN1CCOCC1. The second kappa shape index (κ2) is 12.4. The van der Waals surface area contributed by atoms with E-state index in [0.29, 0.717) is 6.04 Å². The molecule has 6 nitrogen and oxygen atoms in total. The van der Waals surface area contributed by atoms with Crippen molar-refractivity contribution in [1.82, 2.24) is 20.4 Å². The molecule has 1 atom stereocenters. The molecule has 2 saturated heterocycles. The van der Waals surface area contributed by atoms with Crippen LogP contribution >= 0.6 is 11.3 Å². The van der Waals surface area contributed by atoms with Crippen molar-refractivity contribution >= 4 is 17.3 Å². The third-order valence-corrected chi connectivity index (χ3v) is 6.49. The number of likely N-dealkylation sites (tertiary alicyclic amines) is 1. The Balaban J connectivity index is 1.44. The molecule has 1 aromatic heterocycles.